The van der Waals surface area contributed by atoms with Crippen LogP contribution in [0.3, 0.4) is 0 Å². The van der Waals surface area contributed by atoms with Crippen molar-refractivity contribution in [3.63, 3.8) is 0 Å². The molecule has 1 unspecified atom stereocenters. The second-order valence-corrected chi connectivity index (χ2v) is 13.4. The van der Waals surface area contributed by atoms with Crippen molar-refractivity contribution in [1.82, 2.24) is 19.5 Å². The maximum absolute atomic E-state index is 13.6. The highest BCUT2D eigenvalue weighted by Crippen LogP contribution is 2.41. The van der Waals surface area contributed by atoms with E-state index in [1.807, 2.05) is 0 Å². The molecular weight excluding hydrogens is 381 g/mol. The fourth-order valence-corrected chi connectivity index (χ4v) is 3.86. The number of nitrogen functional groups attached to an aromatic ring is 1. The SMILES string of the molecule is C#C[C@]1(CO[Si](C)(C)C(C)(C)C)OC(n2cnc3c(N)nc(F)nc32)C[C@@H]1O. The first-order chi connectivity index (χ1) is 12.9. The molecule has 0 radical (unpaired) electrons. The van der Waals surface area contributed by atoms with E-state index in [0.717, 1.165) is 0 Å². The van der Waals surface area contributed by atoms with Gasteiger partial charge in [0.25, 0.3) is 0 Å². The van der Waals surface area contributed by atoms with Gasteiger partial charge in [0, 0.05) is 6.42 Å². The second-order valence-electron chi connectivity index (χ2n) is 8.61. The number of nitrogens with zero attached hydrogens (tertiary/aromatic N) is 4. The predicted octanol–water partition coefficient (Wildman–Crippen LogP) is 2.22. The Bertz CT molecular complexity index is 936. The van der Waals surface area contributed by atoms with Crippen LogP contribution in [0.1, 0.15) is 33.4 Å². The van der Waals surface area contributed by atoms with Crippen molar-refractivity contribution < 1.29 is 18.7 Å². The van der Waals surface area contributed by atoms with Crippen molar-refractivity contribution in [2.75, 3.05) is 12.3 Å². The maximum atomic E-state index is 13.6. The summed E-state index contributed by atoms with van der Waals surface area (Å²) in [4.78, 5) is 11.4. The summed E-state index contributed by atoms with van der Waals surface area (Å²) < 4.78 is 27.4. The molecule has 3 atom stereocenters. The zero-order valence-electron chi connectivity index (χ0n) is 16.7. The zero-order chi connectivity index (χ0) is 20.9. The minimum Gasteiger partial charge on any atom is -0.413 e. The van der Waals surface area contributed by atoms with Crippen molar-refractivity contribution in [3.8, 4) is 12.3 Å². The van der Waals surface area contributed by atoms with E-state index in [2.05, 4.69) is 54.7 Å². The van der Waals surface area contributed by atoms with Gasteiger partial charge in [-0.15, -0.1) is 6.42 Å². The summed E-state index contributed by atoms with van der Waals surface area (Å²) in [5, 5.41) is 10.7. The first-order valence-electron chi connectivity index (χ1n) is 9.03. The Morgan fingerprint density at radius 3 is 2.79 bits per heavy atom. The monoisotopic (exact) mass is 407 g/mol. The number of rotatable bonds is 4. The molecule has 0 spiro atoms. The molecular formula is C18H26FN5O3Si. The van der Waals surface area contributed by atoms with E-state index < -0.39 is 32.3 Å². The van der Waals surface area contributed by atoms with Gasteiger partial charge in [0.1, 0.15) is 12.3 Å². The van der Waals surface area contributed by atoms with Crippen molar-refractivity contribution in [2.45, 2.75) is 63.3 Å². The maximum Gasteiger partial charge on any atom is 0.312 e. The van der Waals surface area contributed by atoms with Crippen LogP contribution < -0.4 is 5.73 Å². The van der Waals surface area contributed by atoms with Gasteiger partial charge >= 0.3 is 6.08 Å². The average Bonchev–Trinajstić information content (AvgIpc) is 3.14. The Labute approximate surface area is 164 Å². The highest BCUT2D eigenvalue weighted by molar-refractivity contribution is 6.74. The molecule has 2 aromatic heterocycles. The van der Waals surface area contributed by atoms with Gasteiger partial charge in [0.2, 0.25) is 0 Å². The molecule has 3 N–H and O–H groups in total. The lowest BCUT2D eigenvalue weighted by Gasteiger charge is -2.39. The van der Waals surface area contributed by atoms with Crippen molar-refractivity contribution in [3.05, 3.63) is 12.4 Å². The third kappa shape index (κ3) is 3.39. The number of anilines is 1. The standard InChI is InChI=1S/C18H26FN5O3Si/c1-7-18(9-26-28(5,6)17(2,3)4)11(25)8-12(27-18)24-10-21-13-14(20)22-16(19)23-15(13)24/h1,10-12,25H,8-9H2,2-6H3,(H2,20,22,23)/t11-,12?,18+/m0/s1. The fourth-order valence-electron chi connectivity index (χ4n) is 2.85. The Hall–Kier alpha value is -2.06. The topological polar surface area (TPSA) is 108 Å². The van der Waals surface area contributed by atoms with Gasteiger partial charge in [0.05, 0.1) is 12.9 Å². The van der Waals surface area contributed by atoms with Crippen molar-refractivity contribution in [2.24, 2.45) is 0 Å². The molecule has 1 aliphatic rings. The Balaban J connectivity index is 1.88. The lowest BCUT2D eigenvalue weighted by Crippen LogP contribution is -2.49. The van der Waals surface area contributed by atoms with E-state index in [4.69, 9.17) is 21.3 Å². The van der Waals surface area contributed by atoms with E-state index in [-0.39, 0.29) is 35.0 Å². The lowest BCUT2D eigenvalue weighted by atomic mass is 9.99. The fraction of sp³-hybridized carbons (Fsp3) is 0.611. The summed E-state index contributed by atoms with van der Waals surface area (Å²) in [7, 11) is -2.10. The van der Waals surface area contributed by atoms with Crippen LogP contribution in [0.2, 0.25) is 18.1 Å². The zero-order valence-corrected chi connectivity index (χ0v) is 17.7. The van der Waals surface area contributed by atoms with E-state index >= 15 is 0 Å². The Morgan fingerprint density at radius 2 is 2.18 bits per heavy atom. The molecule has 28 heavy (non-hydrogen) atoms. The van der Waals surface area contributed by atoms with E-state index in [1.165, 1.54) is 10.9 Å². The van der Waals surface area contributed by atoms with Gasteiger partial charge in [-0.3, -0.25) is 4.57 Å². The number of halogens is 1. The molecule has 3 heterocycles. The largest absolute Gasteiger partial charge is 0.413 e. The smallest absolute Gasteiger partial charge is 0.312 e. The molecule has 3 rings (SSSR count). The number of hydrogen-bond donors (Lipinski definition) is 2. The average molecular weight is 408 g/mol. The van der Waals surface area contributed by atoms with Gasteiger partial charge in [0.15, 0.2) is 30.9 Å². The molecule has 1 fully saturated rings. The number of imidazole rings is 1. The number of ether oxygens (including phenoxy) is 1. The van der Waals surface area contributed by atoms with Crippen LogP contribution in [0.4, 0.5) is 10.2 Å². The predicted molar refractivity (Wildman–Crippen MR) is 105 cm³/mol. The van der Waals surface area contributed by atoms with Crippen molar-refractivity contribution in [1.29, 1.82) is 0 Å². The van der Waals surface area contributed by atoms with E-state index in [1.54, 1.807) is 0 Å². The summed E-state index contributed by atoms with van der Waals surface area (Å²) in [6.07, 6.45) is 4.74. The molecule has 10 heteroatoms. The van der Waals surface area contributed by atoms with Gasteiger partial charge < -0.3 is 20.0 Å². The van der Waals surface area contributed by atoms with Gasteiger partial charge in [-0.1, -0.05) is 26.7 Å². The van der Waals surface area contributed by atoms with E-state index in [0.29, 0.717) is 0 Å². The normalized spacial score (nSPS) is 25.9. The third-order valence-electron chi connectivity index (χ3n) is 5.74. The van der Waals surface area contributed by atoms with Gasteiger partial charge in [-0.05, 0) is 18.1 Å². The van der Waals surface area contributed by atoms with Gasteiger partial charge in [-0.25, -0.2) is 4.98 Å². The molecule has 0 aliphatic carbocycles. The van der Waals surface area contributed by atoms with Crippen LogP contribution >= 0.6 is 0 Å². The quantitative estimate of drug-likeness (QED) is 0.454. The molecule has 0 saturated carbocycles. The van der Waals surface area contributed by atoms with Crippen LogP contribution in [0, 0.1) is 18.4 Å². The molecule has 1 aliphatic heterocycles. The van der Waals surface area contributed by atoms with E-state index in [9.17, 15) is 9.50 Å². The highest BCUT2D eigenvalue weighted by atomic mass is 28.4. The molecule has 0 amide bonds. The van der Waals surface area contributed by atoms with Crippen LogP contribution in [-0.2, 0) is 9.16 Å². The molecule has 1 saturated heterocycles. The molecule has 8 nitrogen and oxygen atoms in total. The number of hydrogen-bond acceptors (Lipinski definition) is 7. The molecule has 0 aromatic carbocycles. The summed E-state index contributed by atoms with van der Waals surface area (Å²) in [5.74, 6) is 2.51. The molecule has 2 aromatic rings. The molecule has 0 bridgehead atoms. The first-order valence-corrected chi connectivity index (χ1v) is 11.9. The minimum atomic E-state index is -2.10. The van der Waals surface area contributed by atoms with Crippen LogP contribution in [0.5, 0.6) is 0 Å². The second kappa shape index (κ2) is 6.77. The van der Waals surface area contributed by atoms with Crippen LogP contribution in [-0.4, -0.2) is 51.3 Å². The number of nitrogens with two attached hydrogens (primary N) is 1. The van der Waals surface area contributed by atoms with Crippen LogP contribution in [0.15, 0.2) is 6.33 Å². The number of aliphatic hydroxyl groups excluding tert-OH is 1. The van der Waals surface area contributed by atoms with Crippen molar-refractivity contribution >= 4 is 25.3 Å². The number of aromatic nitrogens is 4. The highest BCUT2D eigenvalue weighted by Gasteiger charge is 2.50. The third-order valence-corrected chi connectivity index (χ3v) is 10.2. The first kappa shape index (κ1) is 20.7. The Morgan fingerprint density at radius 1 is 1.50 bits per heavy atom. The number of fused-ring (bicyclic) bond motifs is 1. The summed E-state index contributed by atoms with van der Waals surface area (Å²) >= 11 is 0. The lowest BCUT2D eigenvalue weighted by molar-refractivity contribution is -0.0863. The molecule has 152 valence electrons. The number of terminal acetylenes is 1. The number of aliphatic hydroxyl groups is 1. The Kier molecular flexibility index (Phi) is 5.00. The van der Waals surface area contributed by atoms with Crippen LogP contribution in [0.25, 0.3) is 11.2 Å². The minimum absolute atomic E-state index is 0.0156. The summed E-state index contributed by atoms with van der Waals surface area (Å²) in [5.41, 5.74) is 4.84. The summed E-state index contributed by atoms with van der Waals surface area (Å²) in [6.45, 7) is 10.6. The summed E-state index contributed by atoms with van der Waals surface area (Å²) in [6, 6.07) is 0. The van der Waals surface area contributed by atoms with Gasteiger partial charge in [-0.2, -0.15) is 14.4 Å².